The van der Waals surface area contributed by atoms with Gasteiger partial charge in [-0.3, -0.25) is 0 Å². The third-order valence-corrected chi connectivity index (χ3v) is 3.69. The molecule has 0 radical (unpaired) electrons. The van der Waals surface area contributed by atoms with Crippen LogP contribution in [0.15, 0.2) is 12.1 Å². The first kappa shape index (κ1) is 13.1. The summed E-state index contributed by atoms with van der Waals surface area (Å²) in [6.45, 7) is 5.06. The number of nitrogens with one attached hydrogen (secondary N) is 1. The Morgan fingerprint density at radius 1 is 1.28 bits per heavy atom. The molecule has 6 heteroatoms. The maximum Gasteiger partial charge on any atom is 0.435 e. The van der Waals surface area contributed by atoms with Gasteiger partial charge < -0.3 is 5.32 Å². The van der Waals surface area contributed by atoms with Gasteiger partial charge in [-0.05, 0) is 36.3 Å². The summed E-state index contributed by atoms with van der Waals surface area (Å²) in [5.74, 6) is 0.960. The monoisotopic (exact) mass is 259 g/mol. The van der Waals surface area contributed by atoms with Gasteiger partial charge in [-0.2, -0.15) is 13.2 Å². The number of hydrogen-bond acceptors (Lipinski definition) is 3. The summed E-state index contributed by atoms with van der Waals surface area (Å²) in [7, 11) is 0. The summed E-state index contributed by atoms with van der Waals surface area (Å²) in [6.07, 6.45) is -2.11. The molecule has 1 aliphatic carbocycles. The van der Waals surface area contributed by atoms with Gasteiger partial charge in [0.15, 0.2) is 5.69 Å². The Morgan fingerprint density at radius 3 is 2.33 bits per heavy atom. The number of anilines is 1. The lowest BCUT2D eigenvalue weighted by Crippen LogP contribution is -2.21. The highest BCUT2D eigenvalue weighted by atomic mass is 19.4. The molecule has 0 amide bonds. The lowest BCUT2D eigenvalue weighted by molar-refractivity contribution is -0.141. The molecule has 3 nitrogen and oxygen atoms in total. The molecule has 0 spiro atoms. The van der Waals surface area contributed by atoms with Crippen LogP contribution in [0.3, 0.4) is 0 Å². The van der Waals surface area contributed by atoms with E-state index in [0.29, 0.717) is 11.7 Å². The molecule has 1 N–H and O–H groups in total. The molecule has 1 aromatic rings. The predicted octanol–water partition coefficient (Wildman–Crippen LogP) is 3.34. The summed E-state index contributed by atoms with van der Waals surface area (Å²) in [4.78, 5) is 0. The fourth-order valence-corrected chi connectivity index (χ4v) is 1.96. The van der Waals surface area contributed by atoms with Crippen LogP contribution in [0.4, 0.5) is 19.0 Å². The Balaban J connectivity index is 1.95. The molecule has 1 aliphatic rings. The van der Waals surface area contributed by atoms with Crippen molar-refractivity contribution in [3.8, 4) is 0 Å². The first-order valence-corrected chi connectivity index (χ1v) is 5.98. The molecular formula is C12H16F3N3. The van der Waals surface area contributed by atoms with Crippen LogP contribution in [0.25, 0.3) is 0 Å². The zero-order valence-corrected chi connectivity index (χ0v) is 10.4. The second kappa shape index (κ2) is 4.40. The minimum Gasteiger partial charge on any atom is -0.368 e. The van der Waals surface area contributed by atoms with Gasteiger partial charge in [0, 0.05) is 6.54 Å². The summed E-state index contributed by atoms with van der Waals surface area (Å²) in [5.41, 5.74) is -0.678. The quantitative estimate of drug-likeness (QED) is 0.901. The second-order valence-corrected chi connectivity index (χ2v) is 5.17. The molecule has 0 atom stereocenters. The van der Waals surface area contributed by atoms with Crippen LogP contribution < -0.4 is 5.32 Å². The largest absolute Gasteiger partial charge is 0.435 e. The van der Waals surface area contributed by atoms with Crippen molar-refractivity contribution >= 4 is 5.82 Å². The smallest absolute Gasteiger partial charge is 0.368 e. The zero-order chi connectivity index (χ0) is 13.4. The number of nitrogens with zero attached hydrogens (tertiary/aromatic N) is 2. The van der Waals surface area contributed by atoms with E-state index >= 15 is 0 Å². The average Bonchev–Trinajstić information content (AvgIpc) is 3.07. The Hall–Kier alpha value is -1.33. The highest BCUT2D eigenvalue weighted by Gasteiger charge is 2.45. The minimum atomic E-state index is -4.43. The van der Waals surface area contributed by atoms with Gasteiger partial charge in [0.05, 0.1) is 0 Å². The lowest BCUT2D eigenvalue weighted by Gasteiger charge is -2.20. The molecule has 1 aromatic heterocycles. The molecule has 1 saturated carbocycles. The van der Waals surface area contributed by atoms with Gasteiger partial charge in [0.2, 0.25) is 0 Å². The van der Waals surface area contributed by atoms with Crippen molar-refractivity contribution in [2.24, 2.45) is 11.3 Å². The van der Waals surface area contributed by atoms with E-state index in [0.717, 1.165) is 25.5 Å². The Kier molecular flexibility index (Phi) is 3.21. The van der Waals surface area contributed by atoms with E-state index in [-0.39, 0.29) is 5.41 Å². The van der Waals surface area contributed by atoms with E-state index in [1.807, 2.05) is 0 Å². The molecule has 18 heavy (non-hydrogen) atoms. The molecular weight excluding hydrogens is 243 g/mol. The molecule has 2 rings (SSSR count). The molecule has 0 saturated heterocycles. The van der Waals surface area contributed by atoms with Gasteiger partial charge in [-0.1, -0.05) is 13.8 Å². The van der Waals surface area contributed by atoms with Crippen molar-refractivity contribution in [3.05, 3.63) is 17.8 Å². The third kappa shape index (κ3) is 2.73. The molecule has 0 unspecified atom stereocenters. The molecule has 1 fully saturated rings. The fourth-order valence-electron chi connectivity index (χ4n) is 1.96. The lowest BCUT2D eigenvalue weighted by atomic mass is 9.92. The third-order valence-electron chi connectivity index (χ3n) is 3.69. The van der Waals surface area contributed by atoms with Gasteiger partial charge in [-0.25, -0.2) is 0 Å². The normalized spacial score (nSPS) is 17.9. The average molecular weight is 259 g/mol. The van der Waals surface area contributed by atoms with E-state index in [1.54, 1.807) is 0 Å². The number of halogens is 3. The van der Waals surface area contributed by atoms with Crippen LogP contribution in [0.5, 0.6) is 0 Å². The fraction of sp³-hybridized carbons (Fsp3) is 0.667. The summed E-state index contributed by atoms with van der Waals surface area (Å²) in [6, 6.07) is 2.27. The van der Waals surface area contributed by atoms with Gasteiger partial charge in [0.25, 0.3) is 0 Å². The second-order valence-electron chi connectivity index (χ2n) is 5.17. The number of alkyl halides is 3. The Bertz CT molecular complexity index is 408. The van der Waals surface area contributed by atoms with E-state index in [9.17, 15) is 13.2 Å². The molecule has 1 heterocycles. The number of rotatable bonds is 4. The number of hydrogen-bond donors (Lipinski definition) is 1. The molecule has 0 bridgehead atoms. The first-order chi connectivity index (χ1) is 8.33. The topological polar surface area (TPSA) is 37.8 Å². The van der Waals surface area contributed by atoms with Crippen molar-refractivity contribution in [2.45, 2.75) is 32.9 Å². The first-order valence-electron chi connectivity index (χ1n) is 5.98. The van der Waals surface area contributed by atoms with Crippen molar-refractivity contribution in [1.82, 2.24) is 10.2 Å². The Labute approximate surface area is 104 Å². The van der Waals surface area contributed by atoms with E-state index in [2.05, 4.69) is 29.4 Å². The standard InChI is InChI=1S/C12H16F3N3/c1-8(2)11(5-6-11)7-16-10-4-3-9(17-18-10)12(13,14)15/h3-4,8H,5-7H2,1-2H3,(H,16,18). The van der Waals surface area contributed by atoms with Gasteiger partial charge in [-0.15, -0.1) is 10.2 Å². The highest BCUT2D eigenvalue weighted by molar-refractivity contribution is 5.34. The van der Waals surface area contributed by atoms with E-state index < -0.39 is 11.9 Å². The van der Waals surface area contributed by atoms with Crippen LogP contribution >= 0.6 is 0 Å². The van der Waals surface area contributed by atoms with Crippen molar-refractivity contribution < 1.29 is 13.2 Å². The molecule has 100 valence electrons. The summed E-state index contributed by atoms with van der Waals surface area (Å²) < 4.78 is 36.9. The van der Waals surface area contributed by atoms with Gasteiger partial charge in [0.1, 0.15) is 5.82 Å². The van der Waals surface area contributed by atoms with Crippen LogP contribution in [-0.4, -0.2) is 16.7 Å². The summed E-state index contributed by atoms with van der Waals surface area (Å²) in [5, 5.41) is 9.80. The maximum absolute atomic E-state index is 12.3. The van der Waals surface area contributed by atoms with Crippen LogP contribution in [0.1, 0.15) is 32.4 Å². The van der Waals surface area contributed by atoms with E-state index in [1.165, 1.54) is 6.07 Å². The van der Waals surface area contributed by atoms with E-state index in [4.69, 9.17) is 0 Å². The van der Waals surface area contributed by atoms with Crippen LogP contribution in [0.2, 0.25) is 0 Å². The molecule has 0 aliphatic heterocycles. The van der Waals surface area contributed by atoms with Crippen molar-refractivity contribution in [3.63, 3.8) is 0 Å². The van der Waals surface area contributed by atoms with Gasteiger partial charge >= 0.3 is 6.18 Å². The predicted molar refractivity (Wildman–Crippen MR) is 62.0 cm³/mol. The zero-order valence-electron chi connectivity index (χ0n) is 10.4. The van der Waals surface area contributed by atoms with Crippen molar-refractivity contribution in [1.29, 1.82) is 0 Å². The van der Waals surface area contributed by atoms with Crippen LogP contribution in [0, 0.1) is 11.3 Å². The molecule has 0 aromatic carbocycles. The Morgan fingerprint density at radius 2 is 1.94 bits per heavy atom. The van der Waals surface area contributed by atoms with Crippen LogP contribution in [-0.2, 0) is 6.18 Å². The SMILES string of the molecule is CC(C)C1(CNc2ccc(C(F)(F)F)nn2)CC1. The number of aromatic nitrogens is 2. The maximum atomic E-state index is 12.3. The van der Waals surface area contributed by atoms with Crippen molar-refractivity contribution in [2.75, 3.05) is 11.9 Å². The minimum absolute atomic E-state index is 0.282. The summed E-state index contributed by atoms with van der Waals surface area (Å²) >= 11 is 0. The highest BCUT2D eigenvalue weighted by Crippen LogP contribution is 2.51.